The van der Waals surface area contributed by atoms with Crippen molar-refractivity contribution < 1.29 is 14.1 Å². The summed E-state index contributed by atoms with van der Waals surface area (Å²) < 4.78 is 10.7. The maximum absolute atomic E-state index is 12.0. The quantitative estimate of drug-likeness (QED) is 0.830. The van der Waals surface area contributed by atoms with Crippen molar-refractivity contribution in [2.75, 3.05) is 11.1 Å². The number of ether oxygens (including phenoxy) is 1. The van der Waals surface area contributed by atoms with Crippen LogP contribution in [0.5, 0.6) is 5.75 Å². The molecule has 1 N–H and O–H groups in total. The molecular formula is C17H22N2O3S. The van der Waals surface area contributed by atoms with Crippen LogP contribution in [-0.2, 0) is 10.5 Å². The van der Waals surface area contributed by atoms with E-state index in [0.717, 1.165) is 34.2 Å². The number of amides is 1. The third-order valence-corrected chi connectivity index (χ3v) is 4.13. The second-order valence-corrected chi connectivity index (χ2v) is 6.52. The summed E-state index contributed by atoms with van der Waals surface area (Å²) in [6.45, 7) is 7.75. The highest BCUT2D eigenvalue weighted by Crippen LogP contribution is 2.20. The molecule has 5 nitrogen and oxygen atoms in total. The molecule has 0 spiro atoms. The van der Waals surface area contributed by atoms with Gasteiger partial charge < -0.3 is 14.6 Å². The van der Waals surface area contributed by atoms with Crippen LogP contribution in [0.2, 0.25) is 0 Å². The number of nitrogens with zero attached hydrogens (tertiary/aromatic N) is 1. The Morgan fingerprint density at radius 2 is 2.00 bits per heavy atom. The van der Waals surface area contributed by atoms with Crippen molar-refractivity contribution in [1.29, 1.82) is 0 Å². The number of aryl methyl sites for hydroxylation is 2. The molecule has 23 heavy (non-hydrogen) atoms. The normalized spacial score (nSPS) is 10.8. The average Bonchev–Trinajstić information content (AvgIpc) is 2.80. The molecule has 0 bridgehead atoms. The minimum atomic E-state index is -0.0284. The lowest BCUT2D eigenvalue weighted by Crippen LogP contribution is -2.14. The highest BCUT2D eigenvalue weighted by molar-refractivity contribution is 7.99. The van der Waals surface area contributed by atoms with Crippen LogP contribution in [0, 0.1) is 13.8 Å². The molecule has 0 aliphatic rings. The first-order valence-corrected chi connectivity index (χ1v) is 8.67. The van der Waals surface area contributed by atoms with E-state index < -0.39 is 0 Å². The van der Waals surface area contributed by atoms with Crippen LogP contribution in [0.3, 0.4) is 0 Å². The Morgan fingerprint density at radius 3 is 2.57 bits per heavy atom. The van der Waals surface area contributed by atoms with Crippen LogP contribution < -0.4 is 10.1 Å². The lowest BCUT2D eigenvalue weighted by atomic mass is 10.2. The summed E-state index contributed by atoms with van der Waals surface area (Å²) in [5.74, 6) is 2.69. The van der Waals surface area contributed by atoms with E-state index in [4.69, 9.17) is 9.26 Å². The molecule has 6 heteroatoms. The number of benzene rings is 1. The van der Waals surface area contributed by atoms with Gasteiger partial charge in [-0.25, -0.2) is 0 Å². The van der Waals surface area contributed by atoms with Crippen LogP contribution in [0.1, 0.15) is 30.9 Å². The zero-order chi connectivity index (χ0) is 16.8. The third-order valence-electron chi connectivity index (χ3n) is 3.17. The Kier molecular flexibility index (Phi) is 6.10. The largest absolute Gasteiger partial charge is 0.491 e. The number of hydrogen-bond acceptors (Lipinski definition) is 5. The van der Waals surface area contributed by atoms with E-state index in [1.165, 1.54) is 0 Å². The van der Waals surface area contributed by atoms with E-state index in [9.17, 15) is 4.79 Å². The highest BCUT2D eigenvalue weighted by Gasteiger charge is 2.10. The molecule has 1 amide bonds. The summed E-state index contributed by atoms with van der Waals surface area (Å²) in [5, 5.41) is 6.79. The van der Waals surface area contributed by atoms with Gasteiger partial charge in [0, 0.05) is 17.0 Å². The van der Waals surface area contributed by atoms with Crippen LogP contribution >= 0.6 is 11.8 Å². The van der Waals surface area contributed by atoms with E-state index in [0.29, 0.717) is 5.75 Å². The SMILES string of the molecule is Cc1noc(C)c1CSCC(=O)Nc1ccc(OC(C)C)cc1. The van der Waals surface area contributed by atoms with E-state index >= 15 is 0 Å². The minimum absolute atomic E-state index is 0.0284. The van der Waals surface area contributed by atoms with E-state index in [2.05, 4.69) is 10.5 Å². The predicted molar refractivity (Wildman–Crippen MR) is 93.0 cm³/mol. The van der Waals surface area contributed by atoms with Gasteiger partial charge in [-0.15, -0.1) is 11.8 Å². The number of aromatic nitrogens is 1. The number of hydrogen-bond donors (Lipinski definition) is 1. The van der Waals surface area contributed by atoms with Gasteiger partial charge in [-0.1, -0.05) is 5.16 Å². The monoisotopic (exact) mass is 334 g/mol. The van der Waals surface area contributed by atoms with Crippen molar-refractivity contribution in [2.24, 2.45) is 0 Å². The maximum atomic E-state index is 12.0. The van der Waals surface area contributed by atoms with Gasteiger partial charge in [0.2, 0.25) is 5.91 Å². The zero-order valence-corrected chi connectivity index (χ0v) is 14.7. The minimum Gasteiger partial charge on any atom is -0.491 e. The molecule has 124 valence electrons. The molecule has 2 aromatic rings. The van der Waals surface area contributed by atoms with E-state index in [1.54, 1.807) is 11.8 Å². The van der Waals surface area contributed by atoms with Gasteiger partial charge in [0.25, 0.3) is 0 Å². The fourth-order valence-corrected chi connectivity index (χ4v) is 3.02. The van der Waals surface area contributed by atoms with Crippen molar-refractivity contribution >= 4 is 23.4 Å². The van der Waals surface area contributed by atoms with Crippen LogP contribution in [0.4, 0.5) is 5.69 Å². The number of nitrogens with one attached hydrogen (secondary N) is 1. The number of rotatable bonds is 7. The molecule has 0 atom stereocenters. The van der Waals surface area contributed by atoms with Crippen molar-refractivity contribution in [3.8, 4) is 5.75 Å². The number of carbonyl (C=O) groups is 1. The molecule has 0 aliphatic carbocycles. The standard InChI is InChI=1S/C17H22N2O3S/c1-11(2)21-15-7-5-14(6-8-15)18-17(20)10-23-9-16-12(3)19-22-13(16)4/h5-8,11H,9-10H2,1-4H3,(H,18,20). The number of carbonyl (C=O) groups excluding carboxylic acids is 1. The van der Waals surface area contributed by atoms with Crippen molar-refractivity contribution in [3.05, 3.63) is 41.3 Å². The van der Waals surface area contributed by atoms with Crippen molar-refractivity contribution in [3.63, 3.8) is 0 Å². The predicted octanol–water partition coefficient (Wildman–Crippen LogP) is 3.95. The first-order valence-electron chi connectivity index (χ1n) is 7.51. The summed E-state index contributed by atoms with van der Waals surface area (Å²) in [6, 6.07) is 7.39. The van der Waals surface area contributed by atoms with Gasteiger partial charge >= 0.3 is 0 Å². The molecule has 0 radical (unpaired) electrons. The average molecular weight is 334 g/mol. The molecule has 1 aromatic heterocycles. The Labute approximate surface area is 140 Å². The molecule has 0 aliphatic heterocycles. The van der Waals surface area contributed by atoms with Gasteiger partial charge in [-0.05, 0) is 52.0 Å². The molecular weight excluding hydrogens is 312 g/mol. The second kappa shape index (κ2) is 8.06. The van der Waals surface area contributed by atoms with Crippen LogP contribution in [-0.4, -0.2) is 22.9 Å². The Morgan fingerprint density at radius 1 is 1.30 bits per heavy atom. The lowest BCUT2D eigenvalue weighted by molar-refractivity contribution is -0.113. The Balaban J connectivity index is 1.78. The second-order valence-electron chi connectivity index (χ2n) is 5.53. The summed E-state index contributed by atoms with van der Waals surface area (Å²) >= 11 is 1.54. The Hall–Kier alpha value is -1.95. The number of thioether (sulfide) groups is 1. The fourth-order valence-electron chi connectivity index (χ4n) is 2.04. The molecule has 2 rings (SSSR count). The lowest BCUT2D eigenvalue weighted by Gasteiger charge is -2.10. The highest BCUT2D eigenvalue weighted by atomic mass is 32.2. The summed E-state index contributed by atoms with van der Waals surface area (Å²) in [7, 11) is 0. The molecule has 1 heterocycles. The van der Waals surface area contributed by atoms with Gasteiger partial charge in [0.05, 0.1) is 17.6 Å². The molecule has 0 fully saturated rings. The summed E-state index contributed by atoms with van der Waals surface area (Å²) in [4.78, 5) is 12.0. The molecule has 0 saturated heterocycles. The van der Waals surface area contributed by atoms with Crippen molar-refractivity contribution in [2.45, 2.75) is 39.6 Å². The molecule has 0 unspecified atom stereocenters. The van der Waals surface area contributed by atoms with Crippen molar-refractivity contribution in [1.82, 2.24) is 5.16 Å². The Bertz CT molecular complexity index is 631. The topological polar surface area (TPSA) is 64.4 Å². The first-order chi connectivity index (χ1) is 11.0. The summed E-state index contributed by atoms with van der Waals surface area (Å²) in [6.07, 6.45) is 0.135. The van der Waals surface area contributed by atoms with Crippen LogP contribution in [0.15, 0.2) is 28.8 Å². The van der Waals surface area contributed by atoms with Gasteiger partial charge in [-0.3, -0.25) is 4.79 Å². The van der Waals surface area contributed by atoms with Gasteiger partial charge in [-0.2, -0.15) is 0 Å². The van der Waals surface area contributed by atoms with Crippen LogP contribution in [0.25, 0.3) is 0 Å². The van der Waals surface area contributed by atoms with E-state index in [1.807, 2.05) is 52.0 Å². The summed E-state index contributed by atoms with van der Waals surface area (Å²) in [5.41, 5.74) is 2.72. The smallest absolute Gasteiger partial charge is 0.234 e. The maximum Gasteiger partial charge on any atom is 0.234 e. The molecule has 1 aromatic carbocycles. The number of anilines is 1. The van der Waals surface area contributed by atoms with Gasteiger partial charge in [0.1, 0.15) is 11.5 Å². The van der Waals surface area contributed by atoms with Gasteiger partial charge in [0.15, 0.2) is 0 Å². The molecule has 0 saturated carbocycles. The zero-order valence-electron chi connectivity index (χ0n) is 13.9. The fraction of sp³-hybridized carbons (Fsp3) is 0.412. The first kappa shape index (κ1) is 17.4. The third kappa shape index (κ3) is 5.32. The van der Waals surface area contributed by atoms with E-state index in [-0.39, 0.29) is 12.0 Å².